The summed E-state index contributed by atoms with van der Waals surface area (Å²) >= 11 is 0. The molecule has 94 valence electrons. The lowest BCUT2D eigenvalue weighted by atomic mass is 9.68. The Kier molecular flexibility index (Phi) is 1.79. The van der Waals surface area contributed by atoms with Gasteiger partial charge in [-0.2, -0.15) is 0 Å². The van der Waals surface area contributed by atoms with E-state index < -0.39 is 29.9 Å². The number of aliphatic hydroxyl groups excluding tert-OH is 1. The van der Waals surface area contributed by atoms with Crippen LogP contribution in [0.4, 0.5) is 0 Å². The summed E-state index contributed by atoms with van der Waals surface area (Å²) in [6.07, 6.45) is 0.761. The monoisotopic (exact) mass is 248 g/mol. The Morgan fingerprint density at radius 1 is 1.11 bits per heavy atom. The number of ether oxygens (including phenoxy) is 1. The predicted molar refractivity (Wildman–Crippen MR) is 56.9 cm³/mol. The lowest BCUT2D eigenvalue weighted by Gasteiger charge is -2.34. The van der Waals surface area contributed by atoms with E-state index in [2.05, 4.69) is 4.74 Å². The van der Waals surface area contributed by atoms with E-state index in [0.717, 1.165) is 11.1 Å². The Balaban J connectivity index is 1.88. The molecule has 18 heavy (non-hydrogen) atoms. The maximum atomic E-state index is 12.0. The molecule has 0 spiro atoms. The number of carbonyl (C=O) groups is 3. The van der Waals surface area contributed by atoms with E-state index >= 15 is 0 Å². The zero-order valence-electron chi connectivity index (χ0n) is 9.59. The van der Waals surface area contributed by atoms with Crippen LogP contribution in [-0.2, 0) is 19.1 Å². The summed E-state index contributed by atoms with van der Waals surface area (Å²) in [5.41, 5.74) is 1.54. The molecule has 0 aromatic carbocycles. The third kappa shape index (κ3) is 0.998. The highest BCUT2D eigenvalue weighted by Gasteiger charge is 2.64. The van der Waals surface area contributed by atoms with Gasteiger partial charge in [-0.05, 0) is 24.3 Å². The molecule has 5 nitrogen and oxygen atoms in total. The average molecular weight is 248 g/mol. The number of aliphatic hydroxyl groups is 1. The van der Waals surface area contributed by atoms with Gasteiger partial charge in [-0.25, -0.2) is 0 Å². The summed E-state index contributed by atoms with van der Waals surface area (Å²) in [5, 5.41) is 10.0. The molecule has 0 aromatic heterocycles. The van der Waals surface area contributed by atoms with E-state index in [0.29, 0.717) is 19.3 Å². The number of Topliss-reactive ketones (excluding diaryl/α,β-unsaturated/α-hetero) is 1. The van der Waals surface area contributed by atoms with Gasteiger partial charge in [0.25, 0.3) is 0 Å². The number of fused-ring (bicyclic) bond motifs is 7. The largest absolute Gasteiger partial charge is 0.392 e. The molecule has 2 bridgehead atoms. The molecule has 4 rings (SSSR count). The van der Waals surface area contributed by atoms with Crippen LogP contribution in [0.3, 0.4) is 0 Å². The third-order valence-electron chi connectivity index (χ3n) is 4.88. The fraction of sp³-hybridized carbons (Fsp3) is 0.615. The molecule has 2 saturated carbocycles. The van der Waals surface area contributed by atoms with E-state index in [9.17, 15) is 19.5 Å². The molecular weight excluding hydrogens is 236 g/mol. The van der Waals surface area contributed by atoms with Crippen LogP contribution < -0.4 is 0 Å². The molecule has 5 unspecified atom stereocenters. The van der Waals surface area contributed by atoms with Crippen molar-refractivity contribution in [2.24, 2.45) is 23.7 Å². The van der Waals surface area contributed by atoms with Crippen molar-refractivity contribution in [2.45, 2.75) is 25.4 Å². The van der Waals surface area contributed by atoms with Gasteiger partial charge in [0.05, 0.1) is 17.9 Å². The van der Waals surface area contributed by atoms with E-state index in [1.54, 1.807) is 0 Å². The normalized spacial score (nSPS) is 45.4. The van der Waals surface area contributed by atoms with E-state index in [-0.39, 0.29) is 17.6 Å². The number of ketones is 1. The molecule has 1 aliphatic heterocycles. The Morgan fingerprint density at radius 2 is 1.89 bits per heavy atom. The van der Waals surface area contributed by atoms with Crippen LogP contribution in [-0.4, -0.2) is 28.9 Å². The Hall–Kier alpha value is -1.49. The molecule has 1 N–H and O–H groups in total. The maximum Gasteiger partial charge on any atom is 0.321 e. The molecule has 0 radical (unpaired) electrons. The fourth-order valence-electron chi connectivity index (χ4n) is 4.28. The molecule has 3 fully saturated rings. The van der Waals surface area contributed by atoms with Crippen LogP contribution in [0.2, 0.25) is 0 Å². The minimum absolute atomic E-state index is 0.0981. The van der Waals surface area contributed by atoms with Crippen LogP contribution in [0.25, 0.3) is 0 Å². The lowest BCUT2D eigenvalue weighted by Crippen LogP contribution is -2.40. The quantitative estimate of drug-likeness (QED) is 0.370. The van der Waals surface area contributed by atoms with Crippen molar-refractivity contribution < 1.29 is 24.2 Å². The van der Waals surface area contributed by atoms with Gasteiger partial charge in [0.2, 0.25) is 0 Å². The van der Waals surface area contributed by atoms with E-state index in [1.165, 1.54) is 0 Å². The van der Waals surface area contributed by atoms with E-state index in [1.807, 2.05) is 0 Å². The molecule has 0 aromatic rings. The molecule has 3 aliphatic carbocycles. The molecule has 4 aliphatic rings. The maximum absolute atomic E-state index is 12.0. The first kappa shape index (κ1) is 10.4. The highest BCUT2D eigenvalue weighted by molar-refractivity contribution is 6.01. The molecular formula is C13H12O5. The minimum atomic E-state index is -0.628. The van der Waals surface area contributed by atoms with Crippen LogP contribution in [0.15, 0.2) is 11.1 Å². The van der Waals surface area contributed by atoms with Gasteiger partial charge in [-0.15, -0.1) is 0 Å². The van der Waals surface area contributed by atoms with Gasteiger partial charge in [-0.3, -0.25) is 14.4 Å². The molecule has 1 heterocycles. The Labute approximate surface area is 103 Å². The Morgan fingerprint density at radius 3 is 2.67 bits per heavy atom. The molecule has 5 atom stereocenters. The van der Waals surface area contributed by atoms with Gasteiger partial charge in [0.1, 0.15) is 5.78 Å². The smallest absolute Gasteiger partial charge is 0.321 e. The predicted octanol–water partition coefficient (Wildman–Crippen LogP) is -0.0277. The van der Waals surface area contributed by atoms with Crippen LogP contribution >= 0.6 is 0 Å². The van der Waals surface area contributed by atoms with Crippen molar-refractivity contribution >= 4 is 17.7 Å². The molecule has 1 saturated heterocycles. The SMILES string of the molecule is O=C1CCC(O)C2=C3CC(C12)C1C(=O)OC(=O)C31. The van der Waals surface area contributed by atoms with Gasteiger partial charge in [0, 0.05) is 12.3 Å². The zero-order valence-corrected chi connectivity index (χ0v) is 9.59. The van der Waals surface area contributed by atoms with Crippen molar-refractivity contribution in [3.05, 3.63) is 11.1 Å². The van der Waals surface area contributed by atoms with Gasteiger partial charge < -0.3 is 9.84 Å². The summed E-state index contributed by atoms with van der Waals surface area (Å²) in [6.45, 7) is 0. The number of rotatable bonds is 0. The van der Waals surface area contributed by atoms with E-state index in [4.69, 9.17) is 0 Å². The summed E-state index contributed by atoms with van der Waals surface area (Å²) in [4.78, 5) is 35.4. The summed E-state index contributed by atoms with van der Waals surface area (Å²) in [7, 11) is 0. The topological polar surface area (TPSA) is 80.7 Å². The van der Waals surface area contributed by atoms with Crippen molar-refractivity contribution in [1.29, 1.82) is 0 Å². The first-order chi connectivity index (χ1) is 8.59. The van der Waals surface area contributed by atoms with Crippen LogP contribution in [0, 0.1) is 23.7 Å². The number of hydrogen-bond donors (Lipinski definition) is 1. The molecule has 0 amide bonds. The minimum Gasteiger partial charge on any atom is -0.392 e. The summed E-state index contributed by atoms with van der Waals surface area (Å²) in [6, 6.07) is 0. The number of esters is 2. The van der Waals surface area contributed by atoms with Crippen molar-refractivity contribution in [3.8, 4) is 0 Å². The van der Waals surface area contributed by atoms with Crippen molar-refractivity contribution in [1.82, 2.24) is 0 Å². The van der Waals surface area contributed by atoms with Crippen molar-refractivity contribution in [2.75, 3.05) is 0 Å². The second-order valence-electron chi connectivity index (χ2n) is 5.59. The number of cyclic esters (lactones) is 2. The fourth-order valence-corrected chi connectivity index (χ4v) is 4.28. The standard InChI is InChI=1S/C13H12O5/c14-6-1-2-7(15)9-5-3-4(8(6)9)10-11(5)13(17)18-12(10)16/h4,7-8,10-11,15H,1-3H2. The molecule has 5 heteroatoms. The first-order valence-corrected chi connectivity index (χ1v) is 6.28. The third-order valence-corrected chi connectivity index (χ3v) is 4.88. The second-order valence-corrected chi connectivity index (χ2v) is 5.59. The van der Waals surface area contributed by atoms with Crippen molar-refractivity contribution in [3.63, 3.8) is 0 Å². The lowest BCUT2D eigenvalue weighted by molar-refractivity contribution is -0.154. The number of hydrogen-bond acceptors (Lipinski definition) is 5. The first-order valence-electron chi connectivity index (χ1n) is 6.28. The average Bonchev–Trinajstić information content (AvgIpc) is 2.95. The van der Waals surface area contributed by atoms with Gasteiger partial charge in [0.15, 0.2) is 0 Å². The highest BCUT2D eigenvalue weighted by Crippen LogP contribution is 2.60. The zero-order chi connectivity index (χ0) is 12.6. The summed E-state index contributed by atoms with van der Waals surface area (Å²) < 4.78 is 4.68. The second kappa shape index (κ2) is 3.09. The Bertz CT molecular complexity index is 531. The highest BCUT2D eigenvalue weighted by atomic mass is 16.6. The van der Waals surface area contributed by atoms with Gasteiger partial charge in [-0.1, -0.05) is 5.57 Å². The number of carbonyl (C=O) groups excluding carboxylic acids is 3. The van der Waals surface area contributed by atoms with Gasteiger partial charge >= 0.3 is 11.9 Å². The van der Waals surface area contributed by atoms with Crippen LogP contribution in [0.1, 0.15) is 19.3 Å². The summed E-state index contributed by atoms with van der Waals surface area (Å²) in [5.74, 6) is -2.38. The van der Waals surface area contributed by atoms with Crippen LogP contribution in [0.5, 0.6) is 0 Å².